The quantitative estimate of drug-likeness (QED) is 0.705. The van der Waals surface area contributed by atoms with Crippen LogP contribution >= 0.6 is 0 Å². The number of hydrogen-bond acceptors (Lipinski definition) is 8. The van der Waals surface area contributed by atoms with E-state index in [1.165, 1.54) is 7.11 Å². The molecule has 0 atom stereocenters. The number of ether oxygens (including phenoxy) is 1. The summed E-state index contributed by atoms with van der Waals surface area (Å²) in [7, 11) is 1.30. The van der Waals surface area contributed by atoms with Gasteiger partial charge in [0.25, 0.3) is 0 Å². The lowest BCUT2D eigenvalue weighted by Gasteiger charge is -2.03. The van der Waals surface area contributed by atoms with Gasteiger partial charge in [0.05, 0.1) is 12.8 Å². The van der Waals surface area contributed by atoms with E-state index in [4.69, 9.17) is 10.3 Å². The van der Waals surface area contributed by atoms with Crippen LogP contribution < -0.4 is 5.73 Å². The van der Waals surface area contributed by atoms with Crippen molar-refractivity contribution in [1.82, 2.24) is 25.1 Å². The van der Waals surface area contributed by atoms with Crippen LogP contribution in [0.5, 0.6) is 0 Å². The van der Waals surface area contributed by atoms with Gasteiger partial charge in [0.1, 0.15) is 6.54 Å². The number of nitrogens with two attached hydrogens (primary N) is 1. The fraction of sp³-hybridized carbons (Fsp3) is 0.583. The van der Waals surface area contributed by atoms with Gasteiger partial charge in [-0.2, -0.15) is 4.98 Å². The molecule has 0 aliphatic rings. The Morgan fingerprint density at radius 2 is 2.24 bits per heavy atom. The Labute approximate surface area is 121 Å². The third-order valence-electron chi connectivity index (χ3n) is 2.86. The molecule has 2 rings (SSSR count). The summed E-state index contributed by atoms with van der Waals surface area (Å²) in [5.74, 6) is 0.531. The highest BCUT2D eigenvalue weighted by atomic mass is 16.5. The zero-order chi connectivity index (χ0) is 15.2. The van der Waals surface area contributed by atoms with Gasteiger partial charge in [-0.25, -0.2) is 9.48 Å². The van der Waals surface area contributed by atoms with Gasteiger partial charge in [0, 0.05) is 12.8 Å². The van der Waals surface area contributed by atoms with Crippen LogP contribution in [0, 0.1) is 0 Å². The third kappa shape index (κ3) is 3.43. The van der Waals surface area contributed by atoms with Crippen molar-refractivity contribution in [2.75, 3.05) is 13.7 Å². The maximum absolute atomic E-state index is 11.6. The molecule has 0 aliphatic carbocycles. The predicted molar refractivity (Wildman–Crippen MR) is 71.5 cm³/mol. The predicted octanol–water partition coefficient (Wildman–Crippen LogP) is -0.0503. The summed E-state index contributed by atoms with van der Waals surface area (Å²) in [6, 6.07) is 0. The molecule has 9 heteroatoms. The Bertz CT molecular complexity index is 606. The van der Waals surface area contributed by atoms with Gasteiger partial charge in [-0.3, -0.25) is 0 Å². The Morgan fingerprint density at radius 1 is 1.43 bits per heavy atom. The molecule has 2 aromatic rings. The molecule has 9 nitrogen and oxygen atoms in total. The minimum atomic E-state index is -0.538. The first kappa shape index (κ1) is 15.1. The number of esters is 1. The summed E-state index contributed by atoms with van der Waals surface area (Å²) < 4.78 is 11.3. The van der Waals surface area contributed by atoms with Crippen molar-refractivity contribution in [1.29, 1.82) is 0 Å². The van der Waals surface area contributed by atoms with E-state index in [2.05, 4.69) is 25.2 Å². The maximum Gasteiger partial charge on any atom is 0.360 e. The molecule has 0 aromatic carbocycles. The van der Waals surface area contributed by atoms with Crippen LogP contribution in [-0.4, -0.2) is 44.8 Å². The van der Waals surface area contributed by atoms with Crippen molar-refractivity contribution in [3.8, 4) is 0 Å². The molecule has 2 N–H and O–H groups in total. The third-order valence-corrected chi connectivity index (χ3v) is 2.86. The van der Waals surface area contributed by atoms with E-state index in [1.54, 1.807) is 4.68 Å². The smallest absolute Gasteiger partial charge is 0.360 e. The number of aryl methyl sites for hydroxylation is 1. The van der Waals surface area contributed by atoms with Gasteiger partial charge < -0.3 is 15.0 Å². The molecular formula is C12H18N6O3. The van der Waals surface area contributed by atoms with Crippen molar-refractivity contribution in [2.45, 2.75) is 32.7 Å². The topological polar surface area (TPSA) is 122 Å². The van der Waals surface area contributed by atoms with Gasteiger partial charge in [0.2, 0.25) is 5.89 Å². The number of carbonyl (C=O) groups is 1. The second-order valence-electron chi connectivity index (χ2n) is 4.43. The molecule has 0 unspecified atom stereocenters. The molecular weight excluding hydrogens is 276 g/mol. The van der Waals surface area contributed by atoms with Gasteiger partial charge >= 0.3 is 5.97 Å². The van der Waals surface area contributed by atoms with E-state index in [0.717, 1.165) is 12.8 Å². The standard InChI is InChI=1S/C12H18N6O3/c1-3-4-10-14-9(16-21-10)7-18-8(5-6-13)11(15-17-18)12(19)20-2/h3-7,13H2,1-2H3. The van der Waals surface area contributed by atoms with Crippen LogP contribution in [-0.2, 0) is 24.1 Å². The summed E-state index contributed by atoms with van der Waals surface area (Å²) in [6.45, 7) is 2.67. The molecule has 0 aliphatic heterocycles. The summed E-state index contributed by atoms with van der Waals surface area (Å²) >= 11 is 0. The average molecular weight is 294 g/mol. The number of nitrogens with zero attached hydrogens (tertiary/aromatic N) is 5. The first-order chi connectivity index (χ1) is 10.2. The first-order valence-corrected chi connectivity index (χ1v) is 6.71. The molecule has 0 spiro atoms. The molecule has 114 valence electrons. The molecule has 0 saturated heterocycles. The average Bonchev–Trinajstić information content (AvgIpc) is 3.08. The summed E-state index contributed by atoms with van der Waals surface area (Å²) in [5, 5.41) is 11.7. The Kier molecular flexibility index (Phi) is 4.99. The molecule has 0 bridgehead atoms. The van der Waals surface area contributed by atoms with Crippen molar-refractivity contribution < 1.29 is 14.1 Å². The second-order valence-corrected chi connectivity index (χ2v) is 4.43. The Balaban J connectivity index is 2.22. The minimum Gasteiger partial charge on any atom is -0.464 e. The lowest BCUT2D eigenvalue weighted by Crippen LogP contribution is -2.15. The van der Waals surface area contributed by atoms with Crippen LogP contribution in [0.25, 0.3) is 0 Å². The molecule has 0 amide bonds. The normalized spacial score (nSPS) is 10.8. The SMILES string of the molecule is CCCc1nc(Cn2nnc(C(=O)OC)c2CCN)no1. The number of methoxy groups -OCH3 is 1. The molecule has 0 radical (unpaired) electrons. The Morgan fingerprint density at radius 3 is 2.90 bits per heavy atom. The summed E-state index contributed by atoms with van der Waals surface area (Å²) in [6.07, 6.45) is 2.11. The minimum absolute atomic E-state index is 0.167. The van der Waals surface area contributed by atoms with Crippen LogP contribution in [0.4, 0.5) is 0 Å². The highest BCUT2D eigenvalue weighted by molar-refractivity contribution is 5.88. The molecule has 0 saturated carbocycles. The molecule has 2 heterocycles. The number of rotatable bonds is 7. The van der Waals surface area contributed by atoms with E-state index in [9.17, 15) is 4.79 Å². The lowest BCUT2D eigenvalue weighted by molar-refractivity contribution is 0.0592. The first-order valence-electron chi connectivity index (χ1n) is 6.71. The van der Waals surface area contributed by atoms with Crippen molar-refractivity contribution >= 4 is 5.97 Å². The van der Waals surface area contributed by atoms with Crippen LogP contribution in [0.2, 0.25) is 0 Å². The highest BCUT2D eigenvalue weighted by Crippen LogP contribution is 2.10. The fourth-order valence-electron chi connectivity index (χ4n) is 1.90. The highest BCUT2D eigenvalue weighted by Gasteiger charge is 2.20. The summed E-state index contributed by atoms with van der Waals surface area (Å²) in [5.41, 5.74) is 6.34. The van der Waals surface area contributed by atoms with Gasteiger partial charge in [-0.15, -0.1) is 5.10 Å². The van der Waals surface area contributed by atoms with E-state index < -0.39 is 5.97 Å². The molecule has 0 fully saturated rings. The van der Waals surface area contributed by atoms with Crippen LogP contribution in [0.15, 0.2) is 4.52 Å². The van der Waals surface area contributed by atoms with Gasteiger partial charge in [0.15, 0.2) is 11.5 Å². The van der Waals surface area contributed by atoms with E-state index in [-0.39, 0.29) is 12.2 Å². The second kappa shape index (κ2) is 6.93. The van der Waals surface area contributed by atoms with Crippen LogP contribution in [0.1, 0.15) is 41.2 Å². The monoisotopic (exact) mass is 294 g/mol. The lowest BCUT2D eigenvalue weighted by atomic mass is 10.2. The largest absolute Gasteiger partial charge is 0.464 e. The van der Waals surface area contributed by atoms with Gasteiger partial charge in [-0.05, 0) is 13.0 Å². The van der Waals surface area contributed by atoms with Gasteiger partial charge in [-0.1, -0.05) is 17.3 Å². The van der Waals surface area contributed by atoms with E-state index in [0.29, 0.717) is 30.4 Å². The number of carbonyl (C=O) groups excluding carboxylic acids is 1. The van der Waals surface area contributed by atoms with Crippen molar-refractivity contribution in [3.63, 3.8) is 0 Å². The fourth-order valence-corrected chi connectivity index (χ4v) is 1.90. The van der Waals surface area contributed by atoms with Crippen molar-refractivity contribution in [2.24, 2.45) is 5.73 Å². The van der Waals surface area contributed by atoms with Crippen molar-refractivity contribution in [3.05, 3.63) is 23.1 Å². The summed E-state index contributed by atoms with van der Waals surface area (Å²) in [4.78, 5) is 15.9. The van der Waals surface area contributed by atoms with E-state index >= 15 is 0 Å². The number of aromatic nitrogens is 5. The molecule has 2 aromatic heterocycles. The molecule has 21 heavy (non-hydrogen) atoms. The Hall–Kier alpha value is -2.29. The zero-order valence-corrected chi connectivity index (χ0v) is 12.1. The number of hydrogen-bond donors (Lipinski definition) is 1. The van der Waals surface area contributed by atoms with Crippen LogP contribution in [0.3, 0.4) is 0 Å². The zero-order valence-electron chi connectivity index (χ0n) is 12.1. The van der Waals surface area contributed by atoms with E-state index in [1.807, 2.05) is 6.92 Å². The maximum atomic E-state index is 11.6.